The van der Waals surface area contributed by atoms with E-state index in [1.807, 2.05) is 13.0 Å². The van der Waals surface area contributed by atoms with E-state index in [2.05, 4.69) is 21.6 Å². The van der Waals surface area contributed by atoms with E-state index in [4.69, 9.17) is 4.74 Å². The average molecular weight is 374 g/mol. The standard InChI is InChI=1S/C16H27N3O3S2/c1-14-3-4-15(23-14)24(20,21)17-13-16(5-7-18(2)8-6-16)19-9-11-22-12-10-19/h3-4,17H,5-13H2,1-2H3. The number of thiophene rings is 1. The van der Waals surface area contributed by atoms with Gasteiger partial charge in [-0.25, -0.2) is 13.1 Å². The molecule has 0 saturated carbocycles. The lowest BCUT2D eigenvalue weighted by Crippen LogP contribution is -2.62. The Hall–Kier alpha value is -0.510. The minimum Gasteiger partial charge on any atom is -0.379 e. The molecule has 1 N–H and O–H groups in total. The van der Waals surface area contributed by atoms with Crippen molar-refractivity contribution in [3.63, 3.8) is 0 Å². The van der Waals surface area contributed by atoms with Gasteiger partial charge in [0.2, 0.25) is 10.0 Å². The Kier molecular flexibility index (Phi) is 5.63. The number of aryl methyl sites for hydroxylation is 1. The van der Waals surface area contributed by atoms with Gasteiger partial charge in [0, 0.05) is 30.1 Å². The van der Waals surface area contributed by atoms with Gasteiger partial charge >= 0.3 is 0 Å². The van der Waals surface area contributed by atoms with E-state index in [0.717, 1.165) is 57.1 Å². The molecule has 3 heterocycles. The Morgan fingerprint density at radius 3 is 2.46 bits per heavy atom. The smallest absolute Gasteiger partial charge is 0.250 e. The van der Waals surface area contributed by atoms with Crippen molar-refractivity contribution in [1.82, 2.24) is 14.5 Å². The molecule has 0 bridgehead atoms. The molecule has 3 rings (SSSR count). The zero-order valence-corrected chi connectivity index (χ0v) is 16.1. The molecule has 0 aromatic carbocycles. The first-order valence-electron chi connectivity index (χ1n) is 8.49. The third kappa shape index (κ3) is 4.00. The first-order chi connectivity index (χ1) is 11.4. The van der Waals surface area contributed by atoms with Crippen molar-refractivity contribution in [3.8, 4) is 0 Å². The van der Waals surface area contributed by atoms with Gasteiger partial charge < -0.3 is 9.64 Å². The average Bonchev–Trinajstić information content (AvgIpc) is 3.03. The summed E-state index contributed by atoms with van der Waals surface area (Å²) in [6.07, 6.45) is 1.96. The lowest BCUT2D eigenvalue weighted by Gasteiger charge is -2.49. The minimum atomic E-state index is -3.43. The van der Waals surface area contributed by atoms with Crippen LogP contribution in [0.25, 0.3) is 0 Å². The highest BCUT2D eigenvalue weighted by molar-refractivity contribution is 7.91. The Balaban J connectivity index is 1.74. The van der Waals surface area contributed by atoms with Crippen LogP contribution in [0, 0.1) is 6.92 Å². The summed E-state index contributed by atoms with van der Waals surface area (Å²) in [6.45, 7) is 7.61. The number of hydrogen-bond acceptors (Lipinski definition) is 6. The lowest BCUT2D eigenvalue weighted by molar-refractivity contribution is -0.0427. The van der Waals surface area contributed by atoms with Crippen molar-refractivity contribution in [1.29, 1.82) is 0 Å². The fourth-order valence-corrected chi connectivity index (χ4v) is 5.98. The van der Waals surface area contributed by atoms with Gasteiger partial charge in [-0.3, -0.25) is 4.90 Å². The molecule has 0 unspecified atom stereocenters. The van der Waals surface area contributed by atoms with Gasteiger partial charge in [0.25, 0.3) is 0 Å². The molecular weight excluding hydrogens is 346 g/mol. The second-order valence-corrected chi connectivity index (χ2v) is 10.1. The third-order valence-corrected chi connectivity index (χ3v) is 8.07. The number of sulfonamides is 1. The molecule has 1 aromatic rings. The maximum atomic E-state index is 12.6. The van der Waals surface area contributed by atoms with Crippen molar-refractivity contribution in [2.75, 3.05) is 53.0 Å². The second kappa shape index (κ2) is 7.39. The molecule has 0 atom stereocenters. The number of hydrogen-bond donors (Lipinski definition) is 1. The molecule has 2 saturated heterocycles. The maximum Gasteiger partial charge on any atom is 0.250 e. The summed E-state index contributed by atoms with van der Waals surface area (Å²) >= 11 is 1.32. The molecule has 1 aromatic heterocycles. The SMILES string of the molecule is Cc1ccc(S(=O)(=O)NCC2(N3CCOCC3)CCN(C)CC2)s1. The number of morpholine rings is 1. The van der Waals surface area contributed by atoms with Crippen LogP contribution >= 0.6 is 11.3 Å². The van der Waals surface area contributed by atoms with Crippen LogP contribution in [0.4, 0.5) is 0 Å². The fraction of sp³-hybridized carbons (Fsp3) is 0.750. The van der Waals surface area contributed by atoms with Crippen molar-refractivity contribution in [2.24, 2.45) is 0 Å². The summed E-state index contributed by atoms with van der Waals surface area (Å²) in [6, 6.07) is 3.55. The Bertz CT molecular complexity index is 645. The highest BCUT2D eigenvalue weighted by atomic mass is 32.2. The molecule has 6 nitrogen and oxygen atoms in total. The third-order valence-electron chi connectivity index (χ3n) is 5.17. The quantitative estimate of drug-likeness (QED) is 0.838. The molecule has 2 fully saturated rings. The summed E-state index contributed by atoms with van der Waals surface area (Å²) in [4.78, 5) is 5.76. The van der Waals surface area contributed by atoms with Crippen molar-refractivity contribution in [3.05, 3.63) is 17.0 Å². The van der Waals surface area contributed by atoms with Gasteiger partial charge in [-0.05, 0) is 52.0 Å². The monoisotopic (exact) mass is 373 g/mol. The highest BCUT2D eigenvalue weighted by Gasteiger charge is 2.40. The van der Waals surface area contributed by atoms with Crippen molar-refractivity contribution in [2.45, 2.75) is 29.5 Å². The molecule has 0 spiro atoms. The molecule has 8 heteroatoms. The Labute approximate surface area is 148 Å². The van der Waals surface area contributed by atoms with Crippen LogP contribution in [-0.2, 0) is 14.8 Å². The summed E-state index contributed by atoms with van der Waals surface area (Å²) in [5.41, 5.74) is -0.102. The van der Waals surface area contributed by atoms with Crippen LogP contribution in [0.3, 0.4) is 0 Å². The second-order valence-electron chi connectivity index (χ2n) is 6.82. The van der Waals surface area contributed by atoms with E-state index in [9.17, 15) is 8.42 Å². The lowest BCUT2D eigenvalue weighted by atomic mass is 9.85. The van der Waals surface area contributed by atoms with E-state index in [-0.39, 0.29) is 5.54 Å². The molecule has 2 aliphatic heterocycles. The van der Waals surface area contributed by atoms with E-state index in [1.165, 1.54) is 11.3 Å². The van der Waals surface area contributed by atoms with Crippen LogP contribution in [-0.4, -0.2) is 76.7 Å². The Morgan fingerprint density at radius 1 is 1.21 bits per heavy atom. The first-order valence-corrected chi connectivity index (χ1v) is 10.8. The number of ether oxygens (including phenoxy) is 1. The number of nitrogens with one attached hydrogen (secondary N) is 1. The van der Waals surface area contributed by atoms with Crippen LogP contribution in [0.2, 0.25) is 0 Å². The van der Waals surface area contributed by atoms with Crippen LogP contribution in [0.5, 0.6) is 0 Å². The van der Waals surface area contributed by atoms with Crippen molar-refractivity contribution < 1.29 is 13.2 Å². The van der Waals surface area contributed by atoms with Gasteiger partial charge in [0.05, 0.1) is 13.2 Å². The zero-order chi connectivity index (χ0) is 17.2. The number of piperidine rings is 1. The molecule has 0 amide bonds. The van der Waals surface area contributed by atoms with E-state index in [0.29, 0.717) is 10.8 Å². The van der Waals surface area contributed by atoms with Crippen LogP contribution < -0.4 is 4.72 Å². The van der Waals surface area contributed by atoms with Crippen LogP contribution in [0.1, 0.15) is 17.7 Å². The number of rotatable bonds is 5. The molecule has 136 valence electrons. The molecule has 24 heavy (non-hydrogen) atoms. The van der Waals surface area contributed by atoms with Gasteiger partial charge in [0.15, 0.2) is 0 Å². The van der Waals surface area contributed by atoms with Crippen LogP contribution in [0.15, 0.2) is 16.3 Å². The number of nitrogens with zero attached hydrogens (tertiary/aromatic N) is 2. The zero-order valence-electron chi connectivity index (χ0n) is 14.5. The predicted octanol–water partition coefficient (Wildman–Crippen LogP) is 1.13. The molecule has 2 aliphatic rings. The minimum absolute atomic E-state index is 0.102. The largest absolute Gasteiger partial charge is 0.379 e. The molecule has 0 radical (unpaired) electrons. The molecular formula is C16H27N3O3S2. The fourth-order valence-electron chi connectivity index (χ4n) is 3.53. The topological polar surface area (TPSA) is 61.9 Å². The molecule has 0 aliphatic carbocycles. The summed E-state index contributed by atoms with van der Waals surface area (Å²) in [7, 11) is -1.31. The number of likely N-dealkylation sites (tertiary alicyclic amines) is 1. The van der Waals surface area contributed by atoms with E-state index in [1.54, 1.807) is 6.07 Å². The van der Waals surface area contributed by atoms with Gasteiger partial charge in [0.1, 0.15) is 4.21 Å². The highest BCUT2D eigenvalue weighted by Crippen LogP contribution is 2.30. The van der Waals surface area contributed by atoms with E-state index >= 15 is 0 Å². The summed E-state index contributed by atoms with van der Waals surface area (Å²) < 4.78 is 34.0. The maximum absolute atomic E-state index is 12.6. The first kappa shape index (κ1) is 18.3. The van der Waals surface area contributed by atoms with Gasteiger partial charge in [-0.1, -0.05) is 0 Å². The summed E-state index contributed by atoms with van der Waals surface area (Å²) in [5.74, 6) is 0. The van der Waals surface area contributed by atoms with Crippen molar-refractivity contribution >= 4 is 21.4 Å². The van der Waals surface area contributed by atoms with E-state index < -0.39 is 10.0 Å². The predicted molar refractivity (Wildman–Crippen MR) is 96.1 cm³/mol. The van der Waals surface area contributed by atoms with Gasteiger partial charge in [-0.15, -0.1) is 11.3 Å². The normalized spacial score (nSPS) is 23.4. The summed E-state index contributed by atoms with van der Waals surface area (Å²) in [5, 5.41) is 0. The van der Waals surface area contributed by atoms with Gasteiger partial charge in [-0.2, -0.15) is 0 Å². The Morgan fingerprint density at radius 2 is 1.88 bits per heavy atom.